The number of thioether (sulfide) groups is 1. The smallest absolute Gasteiger partial charge is 0.434 e. The van der Waals surface area contributed by atoms with Gasteiger partial charge in [0.25, 0.3) is 5.89 Å². The molecule has 0 atom stereocenters. The molecule has 96 valence electrons. The molecule has 0 saturated carbocycles. The molecule has 0 bridgehead atoms. The molecule has 1 aromatic heterocycles. The lowest BCUT2D eigenvalue weighted by molar-refractivity contribution is -0.0328. The zero-order valence-corrected chi connectivity index (χ0v) is 11.0. The topological polar surface area (TPSA) is 43.1 Å². The summed E-state index contributed by atoms with van der Waals surface area (Å²) in [4.78, 5) is 15.2. The van der Waals surface area contributed by atoms with Gasteiger partial charge in [-0.3, -0.25) is 4.79 Å². The quantitative estimate of drug-likeness (QED) is 0.481. The van der Waals surface area contributed by atoms with Crippen molar-refractivity contribution in [1.29, 1.82) is 0 Å². The van der Waals surface area contributed by atoms with Crippen LogP contribution in [-0.4, -0.2) is 21.6 Å². The van der Waals surface area contributed by atoms with Gasteiger partial charge in [0.2, 0.25) is 5.78 Å². The van der Waals surface area contributed by atoms with Crippen LogP contribution >= 0.6 is 27.7 Å². The molecule has 0 radical (unpaired) electrons. The monoisotopic (exact) mass is 339 g/mol. The average Bonchev–Trinajstić information content (AvgIpc) is 2.68. The van der Waals surface area contributed by atoms with Gasteiger partial charge in [0.15, 0.2) is 5.58 Å². The first kappa shape index (κ1) is 13.4. The van der Waals surface area contributed by atoms with E-state index >= 15 is 0 Å². The van der Waals surface area contributed by atoms with Gasteiger partial charge in [0.1, 0.15) is 5.52 Å². The van der Waals surface area contributed by atoms with Crippen molar-refractivity contribution in [3.63, 3.8) is 0 Å². The maximum Gasteiger partial charge on any atom is 0.446 e. The molecule has 8 heteroatoms. The molecule has 0 unspecified atom stereocenters. The van der Waals surface area contributed by atoms with Crippen LogP contribution in [0, 0.1) is 0 Å². The molecular weight excluding hydrogens is 335 g/mol. The maximum absolute atomic E-state index is 12.2. The Bertz CT molecular complexity index is 596. The number of ketones is 1. The molecule has 18 heavy (non-hydrogen) atoms. The fraction of sp³-hybridized carbons (Fsp3) is 0.200. The standard InChI is InChI=1S/C10H5BrF3NO2S/c11-4-7(16)9-15-6-3-5(18-10(12,13)14)1-2-8(6)17-9/h1-3H,4H2. The van der Waals surface area contributed by atoms with E-state index in [0.29, 0.717) is 0 Å². The second kappa shape index (κ2) is 4.93. The van der Waals surface area contributed by atoms with E-state index in [0.717, 1.165) is 0 Å². The van der Waals surface area contributed by atoms with Crippen molar-refractivity contribution in [3.05, 3.63) is 24.1 Å². The predicted octanol–water partition coefficient (Wildman–Crippen LogP) is 4.02. The lowest BCUT2D eigenvalue weighted by atomic mass is 10.3. The van der Waals surface area contributed by atoms with Gasteiger partial charge in [0, 0.05) is 4.90 Å². The maximum atomic E-state index is 12.2. The van der Waals surface area contributed by atoms with Gasteiger partial charge >= 0.3 is 5.51 Å². The molecule has 0 aliphatic carbocycles. The molecule has 0 aliphatic heterocycles. The average molecular weight is 340 g/mol. The number of hydrogen-bond donors (Lipinski definition) is 0. The Balaban J connectivity index is 2.37. The van der Waals surface area contributed by atoms with Crippen molar-refractivity contribution in [2.24, 2.45) is 0 Å². The third kappa shape index (κ3) is 3.05. The number of halogens is 4. The number of aromatic nitrogens is 1. The van der Waals surface area contributed by atoms with Gasteiger partial charge in [0.05, 0.1) is 5.33 Å². The molecule has 2 aromatic rings. The van der Waals surface area contributed by atoms with Crippen molar-refractivity contribution in [2.45, 2.75) is 10.4 Å². The highest BCUT2D eigenvalue weighted by Crippen LogP contribution is 2.37. The first-order valence-corrected chi connectivity index (χ1v) is 6.58. The lowest BCUT2D eigenvalue weighted by Gasteiger charge is -2.04. The number of rotatable bonds is 3. The van der Waals surface area contributed by atoms with Crippen LogP contribution in [-0.2, 0) is 0 Å². The number of Topliss-reactive ketones (excluding diaryl/α,β-unsaturated/α-hetero) is 1. The predicted molar refractivity (Wildman–Crippen MR) is 64.0 cm³/mol. The molecule has 0 fully saturated rings. The summed E-state index contributed by atoms with van der Waals surface area (Å²) in [6, 6.07) is 3.87. The second-order valence-electron chi connectivity index (χ2n) is 3.25. The molecular formula is C10H5BrF3NO2S. The van der Waals surface area contributed by atoms with Crippen molar-refractivity contribution in [2.75, 3.05) is 5.33 Å². The minimum absolute atomic E-state index is 0.00106. The second-order valence-corrected chi connectivity index (χ2v) is 4.95. The lowest BCUT2D eigenvalue weighted by Crippen LogP contribution is -1.99. The van der Waals surface area contributed by atoms with Crippen molar-refractivity contribution < 1.29 is 22.4 Å². The van der Waals surface area contributed by atoms with Crippen molar-refractivity contribution in [3.8, 4) is 0 Å². The summed E-state index contributed by atoms with van der Waals surface area (Å²) < 4.78 is 41.7. The third-order valence-electron chi connectivity index (χ3n) is 1.95. The Labute approximate surface area is 112 Å². The number of oxazole rings is 1. The molecule has 0 spiro atoms. The fourth-order valence-corrected chi connectivity index (χ4v) is 2.09. The molecule has 0 N–H and O–H groups in total. The van der Waals surface area contributed by atoms with Gasteiger partial charge in [-0.2, -0.15) is 13.2 Å². The van der Waals surface area contributed by atoms with E-state index in [2.05, 4.69) is 20.9 Å². The van der Waals surface area contributed by atoms with Crippen LogP contribution in [0.3, 0.4) is 0 Å². The van der Waals surface area contributed by atoms with Crippen molar-refractivity contribution in [1.82, 2.24) is 4.98 Å². The minimum atomic E-state index is -4.36. The normalized spacial score (nSPS) is 12.0. The number of hydrogen-bond acceptors (Lipinski definition) is 4. The summed E-state index contributed by atoms with van der Waals surface area (Å²) >= 11 is 2.72. The largest absolute Gasteiger partial charge is 0.446 e. The van der Waals surface area contributed by atoms with Gasteiger partial charge < -0.3 is 4.42 Å². The summed E-state index contributed by atoms with van der Waals surface area (Å²) in [5.41, 5.74) is -3.84. The van der Waals surface area contributed by atoms with Gasteiger partial charge in [-0.15, -0.1) is 0 Å². The van der Waals surface area contributed by atoms with Crippen LogP contribution in [0.25, 0.3) is 11.1 Å². The van der Waals surface area contributed by atoms with Crippen LogP contribution < -0.4 is 0 Å². The summed E-state index contributed by atoms with van der Waals surface area (Å²) in [6.07, 6.45) is 0. The fourth-order valence-electron chi connectivity index (χ4n) is 1.28. The zero-order chi connectivity index (χ0) is 13.3. The molecule has 1 aromatic carbocycles. The summed E-state index contributed by atoms with van der Waals surface area (Å²) in [7, 11) is 0. The number of benzene rings is 1. The van der Waals surface area contributed by atoms with E-state index in [1.165, 1.54) is 18.2 Å². The molecule has 3 nitrogen and oxygen atoms in total. The Morgan fingerprint density at radius 3 is 2.78 bits per heavy atom. The zero-order valence-electron chi connectivity index (χ0n) is 8.62. The Kier molecular flexibility index (Phi) is 3.67. The number of fused-ring (bicyclic) bond motifs is 1. The number of nitrogens with zero attached hydrogens (tertiary/aromatic N) is 1. The molecule has 1 heterocycles. The Hall–Kier alpha value is -1.02. The van der Waals surface area contributed by atoms with E-state index in [4.69, 9.17) is 4.42 Å². The minimum Gasteiger partial charge on any atom is -0.434 e. The van der Waals surface area contributed by atoms with Gasteiger partial charge in [-0.1, -0.05) is 15.9 Å². The first-order valence-electron chi connectivity index (χ1n) is 4.64. The van der Waals surface area contributed by atoms with E-state index in [-0.39, 0.29) is 44.8 Å². The van der Waals surface area contributed by atoms with Crippen LogP contribution in [0.4, 0.5) is 13.2 Å². The van der Waals surface area contributed by atoms with Crippen LogP contribution in [0.2, 0.25) is 0 Å². The SMILES string of the molecule is O=C(CBr)c1nc2cc(SC(F)(F)F)ccc2o1. The number of carbonyl (C=O) groups excluding carboxylic acids is 1. The summed E-state index contributed by atoms with van der Waals surface area (Å²) in [5, 5.41) is 0.0456. The van der Waals surface area contributed by atoms with Crippen LogP contribution in [0.1, 0.15) is 10.7 Å². The van der Waals surface area contributed by atoms with E-state index in [9.17, 15) is 18.0 Å². The number of alkyl halides is 4. The molecule has 2 rings (SSSR count). The summed E-state index contributed by atoms with van der Waals surface area (Å²) in [6.45, 7) is 0. The highest BCUT2D eigenvalue weighted by atomic mass is 79.9. The Morgan fingerprint density at radius 1 is 1.44 bits per heavy atom. The highest BCUT2D eigenvalue weighted by Gasteiger charge is 2.29. The van der Waals surface area contributed by atoms with Crippen molar-refractivity contribution >= 4 is 44.6 Å². The number of carbonyl (C=O) groups is 1. The van der Waals surface area contributed by atoms with Gasteiger partial charge in [-0.25, -0.2) is 4.98 Å². The van der Waals surface area contributed by atoms with Crippen LogP contribution in [0.15, 0.2) is 27.5 Å². The first-order chi connectivity index (χ1) is 8.39. The highest BCUT2D eigenvalue weighted by molar-refractivity contribution is 9.09. The van der Waals surface area contributed by atoms with E-state index in [1.807, 2.05) is 0 Å². The Morgan fingerprint density at radius 2 is 2.17 bits per heavy atom. The van der Waals surface area contributed by atoms with Crippen LogP contribution in [0.5, 0.6) is 0 Å². The molecule has 0 aliphatic rings. The molecule has 0 saturated heterocycles. The third-order valence-corrected chi connectivity index (χ3v) is 3.18. The van der Waals surface area contributed by atoms with E-state index < -0.39 is 5.51 Å². The molecule has 0 amide bonds. The summed E-state index contributed by atoms with van der Waals surface area (Å²) in [5.74, 6) is -0.479. The van der Waals surface area contributed by atoms with Gasteiger partial charge in [-0.05, 0) is 30.0 Å². The van der Waals surface area contributed by atoms with E-state index in [1.54, 1.807) is 0 Å².